The van der Waals surface area contributed by atoms with Crippen molar-refractivity contribution in [3.8, 4) is 6.07 Å². The number of nitrogens with one attached hydrogen (secondary N) is 2. The van der Waals surface area contributed by atoms with Crippen LogP contribution in [-0.4, -0.2) is 37.1 Å². The van der Waals surface area contributed by atoms with Crippen LogP contribution in [0.3, 0.4) is 0 Å². The summed E-state index contributed by atoms with van der Waals surface area (Å²) in [6.07, 6.45) is -4.79. The van der Waals surface area contributed by atoms with Crippen LogP contribution in [0.5, 0.6) is 0 Å². The summed E-state index contributed by atoms with van der Waals surface area (Å²) >= 11 is 0.992. The van der Waals surface area contributed by atoms with Gasteiger partial charge >= 0.3 is 23.9 Å². The molecule has 1 amide bonds. The minimum Gasteiger partial charge on any atom is -0.463 e. The van der Waals surface area contributed by atoms with Gasteiger partial charge in [-0.3, -0.25) is 5.32 Å². The molecule has 1 heterocycles. The molecule has 2 atom stereocenters. The number of fused-ring (bicyclic) bond motifs is 1. The van der Waals surface area contributed by atoms with Gasteiger partial charge in [-0.1, -0.05) is 20.8 Å². The van der Waals surface area contributed by atoms with Crippen molar-refractivity contribution in [2.75, 3.05) is 18.5 Å². The van der Waals surface area contributed by atoms with Crippen molar-refractivity contribution >= 4 is 28.4 Å². The normalized spacial score (nSPS) is 18.0. The molecule has 2 rings (SSSR count). The number of amides is 1. The SMILES string of the molecule is CCOC(=O)N[C@@](Nc1sc2c(c1C#N)CC[C@@H](C(C)(C)C)C2)(C(=O)OCC)C(F)(F)F. The molecule has 0 fully saturated rings. The van der Waals surface area contributed by atoms with Gasteiger partial charge in [0.05, 0.1) is 18.8 Å². The number of thiophene rings is 1. The van der Waals surface area contributed by atoms with Crippen LogP contribution in [0.1, 0.15) is 57.0 Å². The van der Waals surface area contributed by atoms with E-state index in [9.17, 15) is 28.0 Å². The Hall–Kier alpha value is -2.48. The van der Waals surface area contributed by atoms with E-state index in [0.717, 1.165) is 22.6 Å². The van der Waals surface area contributed by atoms with Crippen molar-refractivity contribution in [1.82, 2.24) is 5.32 Å². The standard InChI is InChI=1S/C21H28F3N3O4S/c1-6-30-17(28)20(21(22,23)24,27-18(29)31-7-2)26-16-14(11-25)13-9-8-12(19(3,4)5)10-15(13)32-16/h12,26H,6-10H2,1-5H3,(H,27,29)/t12-,20+/m1/s1. The fraction of sp³-hybridized carbons (Fsp3) is 0.667. The molecule has 0 unspecified atom stereocenters. The average Bonchev–Trinajstić information content (AvgIpc) is 3.02. The molecular formula is C21H28F3N3O4S. The van der Waals surface area contributed by atoms with Gasteiger partial charge in [0, 0.05) is 4.88 Å². The Kier molecular flexibility index (Phi) is 7.71. The Morgan fingerprint density at radius 1 is 1.19 bits per heavy atom. The zero-order valence-corrected chi connectivity index (χ0v) is 19.6. The molecule has 32 heavy (non-hydrogen) atoms. The van der Waals surface area contributed by atoms with E-state index in [2.05, 4.69) is 35.6 Å². The fourth-order valence-electron chi connectivity index (χ4n) is 3.65. The predicted molar refractivity (Wildman–Crippen MR) is 113 cm³/mol. The molecule has 0 aliphatic heterocycles. The van der Waals surface area contributed by atoms with E-state index in [4.69, 9.17) is 0 Å². The number of alkyl halides is 3. The smallest absolute Gasteiger partial charge is 0.442 e. The monoisotopic (exact) mass is 475 g/mol. The third-order valence-corrected chi connectivity index (χ3v) is 6.64. The van der Waals surface area contributed by atoms with E-state index in [0.29, 0.717) is 24.3 Å². The zero-order chi connectivity index (χ0) is 24.3. The van der Waals surface area contributed by atoms with Gasteiger partial charge in [-0.25, -0.2) is 9.59 Å². The lowest BCUT2D eigenvalue weighted by molar-refractivity contribution is -0.205. The van der Waals surface area contributed by atoms with E-state index in [1.807, 2.05) is 6.07 Å². The summed E-state index contributed by atoms with van der Waals surface area (Å²) in [7, 11) is 0. The van der Waals surface area contributed by atoms with Gasteiger partial charge in [-0.2, -0.15) is 18.4 Å². The first-order valence-electron chi connectivity index (χ1n) is 10.3. The van der Waals surface area contributed by atoms with Crippen LogP contribution >= 0.6 is 11.3 Å². The topological polar surface area (TPSA) is 100 Å². The van der Waals surface area contributed by atoms with E-state index in [1.54, 1.807) is 5.32 Å². The predicted octanol–water partition coefficient (Wildman–Crippen LogP) is 4.75. The lowest BCUT2D eigenvalue weighted by Gasteiger charge is -2.34. The molecule has 0 aromatic carbocycles. The summed E-state index contributed by atoms with van der Waals surface area (Å²) in [4.78, 5) is 25.3. The van der Waals surface area contributed by atoms with Gasteiger partial charge in [-0.15, -0.1) is 11.3 Å². The molecule has 7 nitrogen and oxygen atoms in total. The number of anilines is 1. The minimum atomic E-state index is -5.29. The molecule has 0 saturated carbocycles. The molecule has 1 aliphatic carbocycles. The summed E-state index contributed by atoms with van der Waals surface area (Å²) in [6, 6.07) is 1.97. The van der Waals surface area contributed by atoms with E-state index < -0.39 is 23.9 Å². The van der Waals surface area contributed by atoms with Gasteiger partial charge in [0.25, 0.3) is 0 Å². The molecule has 0 saturated heterocycles. The molecule has 1 aromatic heterocycles. The van der Waals surface area contributed by atoms with E-state index in [1.165, 1.54) is 13.8 Å². The van der Waals surface area contributed by atoms with E-state index >= 15 is 0 Å². The molecule has 0 radical (unpaired) electrons. The highest BCUT2D eigenvalue weighted by Crippen LogP contribution is 2.45. The number of hydrogen-bond acceptors (Lipinski definition) is 7. The second kappa shape index (κ2) is 9.57. The van der Waals surface area contributed by atoms with Crippen LogP contribution in [-0.2, 0) is 27.1 Å². The first-order chi connectivity index (χ1) is 14.8. The van der Waals surface area contributed by atoms with Crippen LogP contribution < -0.4 is 10.6 Å². The number of ether oxygens (including phenoxy) is 2. The van der Waals surface area contributed by atoms with Crippen molar-refractivity contribution in [3.63, 3.8) is 0 Å². The maximum Gasteiger partial charge on any atom is 0.442 e. The van der Waals surface area contributed by atoms with Crippen molar-refractivity contribution in [3.05, 3.63) is 16.0 Å². The largest absolute Gasteiger partial charge is 0.463 e. The number of alkyl carbamates (subject to hydrolysis) is 1. The summed E-state index contributed by atoms with van der Waals surface area (Å²) in [6.45, 7) is 8.51. The molecule has 0 bridgehead atoms. The number of rotatable bonds is 6. The second-order valence-electron chi connectivity index (χ2n) is 8.56. The Morgan fingerprint density at radius 3 is 2.31 bits per heavy atom. The number of nitriles is 1. The molecule has 178 valence electrons. The highest BCUT2D eigenvalue weighted by molar-refractivity contribution is 7.16. The number of nitrogens with zero attached hydrogens (tertiary/aromatic N) is 1. The van der Waals surface area contributed by atoms with Crippen LogP contribution in [0.2, 0.25) is 0 Å². The average molecular weight is 476 g/mol. The molecule has 0 spiro atoms. The third kappa shape index (κ3) is 5.11. The number of carbonyl (C=O) groups excluding carboxylic acids is 2. The van der Waals surface area contributed by atoms with Crippen LogP contribution in [0.25, 0.3) is 0 Å². The molecular weight excluding hydrogens is 447 g/mol. The second-order valence-corrected chi connectivity index (χ2v) is 9.67. The highest BCUT2D eigenvalue weighted by Gasteiger charge is 2.64. The van der Waals surface area contributed by atoms with Gasteiger partial charge in [0.15, 0.2) is 0 Å². The molecule has 11 heteroatoms. The summed E-state index contributed by atoms with van der Waals surface area (Å²) < 4.78 is 52.0. The van der Waals surface area contributed by atoms with Crippen LogP contribution in [0.15, 0.2) is 0 Å². The number of esters is 1. The minimum absolute atomic E-state index is 0.00575. The Labute approximate surface area is 189 Å². The summed E-state index contributed by atoms with van der Waals surface area (Å²) in [5.41, 5.74) is -2.90. The number of carbonyl (C=O) groups is 2. The van der Waals surface area contributed by atoms with Gasteiger partial charge in [0.1, 0.15) is 11.1 Å². The molecule has 2 N–H and O–H groups in total. The fourth-order valence-corrected chi connectivity index (χ4v) is 4.99. The van der Waals surface area contributed by atoms with E-state index in [-0.39, 0.29) is 29.2 Å². The summed E-state index contributed by atoms with van der Waals surface area (Å²) in [5, 5.41) is 13.3. The summed E-state index contributed by atoms with van der Waals surface area (Å²) in [5.74, 6) is -1.45. The Morgan fingerprint density at radius 2 is 1.81 bits per heavy atom. The van der Waals surface area contributed by atoms with Gasteiger partial charge < -0.3 is 14.8 Å². The maximum atomic E-state index is 14.3. The number of halogens is 3. The molecule has 1 aliphatic rings. The van der Waals surface area contributed by atoms with Crippen molar-refractivity contribution in [2.24, 2.45) is 11.3 Å². The van der Waals surface area contributed by atoms with Gasteiger partial charge in [-0.05, 0) is 50.0 Å². The van der Waals surface area contributed by atoms with Gasteiger partial charge in [0.2, 0.25) is 0 Å². The number of hydrogen-bond donors (Lipinski definition) is 2. The highest BCUT2D eigenvalue weighted by atomic mass is 32.1. The van der Waals surface area contributed by atoms with Crippen molar-refractivity contribution in [1.29, 1.82) is 5.26 Å². The quantitative estimate of drug-likeness (QED) is 0.455. The van der Waals surface area contributed by atoms with Crippen molar-refractivity contribution < 1.29 is 32.2 Å². The first-order valence-corrected chi connectivity index (χ1v) is 11.1. The zero-order valence-electron chi connectivity index (χ0n) is 18.7. The van der Waals surface area contributed by atoms with Crippen LogP contribution in [0, 0.1) is 22.7 Å². The van der Waals surface area contributed by atoms with Crippen LogP contribution in [0.4, 0.5) is 23.0 Å². The Balaban J connectivity index is 2.56. The third-order valence-electron chi connectivity index (χ3n) is 5.47. The first kappa shape index (κ1) is 25.8. The lowest BCUT2D eigenvalue weighted by atomic mass is 9.72. The lowest BCUT2D eigenvalue weighted by Crippen LogP contribution is -2.69. The maximum absolute atomic E-state index is 14.3. The Bertz CT molecular complexity index is 902. The molecule has 1 aromatic rings. The van der Waals surface area contributed by atoms with Crippen molar-refractivity contribution in [2.45, 2.75) is 65.7 Å².